The third-order valence-corrected chi connectivity index (χ3v) is 4.18. The van der Waals surface area contributed by atoms with Crippen LogP contribution in [-0.4, -0.2) is 24.8 Å². The number of rotatable bonds is 5. The summed E-state index contributed by atoms with van der Waals surface area (Å²) in [5, 5.41) is 7.63. The van der Waals surface area contributed by atoms with Crippen LogP contribution in [0.5, 0.6) is 0 Å². The maximum Gasteiger partial charge on any atom is 0.199 e. The molecule has 0 amide bonds. The lowest BCUT2D eigenvalue weighted by molar-refractivity contribution is 0.310. The van der Waals surface area contributed by atoms with E-state index in [1.54, 1.807) is 0 Å². The van der Waals surface area contributed by atoms with Crippen LogP contribution in [0.25, 0.3) is 33.8 Å². The second-order valence-electron chi connectivity index (χ2n) is 5.83. The quantitative estimate of drug-likeness (QED) is 0.600. The van der Waals surface area contributed by atoms with Crippen LogP contribution in [0.2, 0.25) is 0 Å². The molecule has 0 aliphatic heterocycles. The summed E-state index contributed by atoms with van der Waals surface area (Å²) >= 11 is 0. The van der Waals surface area contributed by atoms with Gasteiger partial charge in [-0.1, -0.05) is 43.7 Å². The van der Waals surface area contributed by atoms with E-state index in [1.165, 1.54) is 0 Å². The zero-order chi connectivity index (χ0) is 17.2. The van der Waals surface area contributed by atoms with Crippen LogP contribution in [0.1, 0.15) is 19.8 Å². The van der Waals surface area contributed by atoms with Gasteiger partial charge in [-0.2, -0.15) is 0 Å². The van der Waals surface area contributed by atoms with Crippen molar-refractivity contribution in [3.63, 3.8) is 0 Å². The minimum absolute atomic E-state index is 0.238. The van der Waals surface area contributed by atoms with E-state index in [0.717, 1.165) is 41.7 Å². The molecule has 2 N–H and O–H groups in total. The molecule has 0 atom stereocenters. The highest BCUT2D eigenvalue weighted by atomic mass is 16.6. The van der Waals surface area contributed by atoms with E-state index in [2.05, 4.69) is 26.8 Å². The van der Waals surface area contributed by atoms with Crippen LogP contribution in [0.4, 0.5) is 5.82 Å². The van der Waals surface area contributed by atoms with Crippen molar-refractivity contribution in [3.05, 3.63) is 42.6 Å². The van der Waals surface area contributed by atoms with Crippen LogP contribution < -0.4 is 5.73 Å². The van der Waals surface area contributed by atoms with E-state index in [-0.39, 0.29) is 5.82 Å². The Balaban J connectivity index is 1.97. The number of fused-ring (bicyclic) bond motifs is 1. The normalized spacial score (nSPS) is 11.2. The maximum atomic E-state index is 5.90. The third-order valence-electron chi connectivity index (χ3n) is 4.18. The van der Waals surface area contributed by atoms with E-state index in [4.69, 9.17) is 15.3 Å². The van der Waals surface area contributed by atoms with Gasteiger partial charge in [-0.3, -0.25) is 4.98 Å². The zero-order valence-corrected chi connectivity index (χ0v) is 13.9. The Bertz CT molecular complexity index is 1010. The number of pyridine rings is 1. The summed E-state index contributed by atoms with van der Waals surface area (Å²) in [6, 6.07) is 12.0. The van der Waals surface area contributed by atoms with Crippen molar-refractivity contribution in [2.75, 3.05) is 5.73 Å². The second kappa shape index (κ2) is 6.35. The molecule has 0 saturated heterocycles. The lowest BCUT2D eigenvalue weighted by Gasteiger charge is -2.07. The number of nitrogens with zero attached hydrogens (tertiary/aromatic N) is 5. The van der Waals surface area contributed by atoms with Gasteiger partial charge in [0.25, 0.3) is 0 Å². The average molecular weight is 334 g/mol. The Hall–Kier alpha value is -3.22. The van der Waals surface area contributed by atoms with Crippen molar-refractivity contribution in [1.82, 2.24) is 24.8 Å². The fourth-order valence-electron chi connectivity index (χ4n) is 2.93. The Kier molecular flexibility index (Phi) is 3.89. The standard InChI is InChI=1S/C18H18N6O/c1-2-3-11-24-13-9-10-20-14(12-7-5-4-6-8-12)15(13)21-18(24)16-17(19)23-25-22-16/h4-10H,2-3,11H2,1H3,(H2,19,23). The molecule has 1 aromatic carbocycles. The van der Waals surface area contributed by atoms with Gasteiger partial charge in [-0.15, -0.1) is 0 Å². The van der Waals surface area contributed by atoms with E-state index < -0.39 is 0 Å². The minimum Gasteiger partial charge on any atom is -0.379 e. The van der Waals surface area contributed by atoms with Gasteiger partial charge >= 0.3 is 0 Å². The Morgan fingerprint density at radius 2 is 1.92 bits per heavy atom. The molecule has 4 aromatic rings. The SMILES string of the molecule is CCCCn1c(-c2nonc2N)nc2c(-c3ccccc3)nccc21. The summed E-state index contributed by atoms with van der Waals surface area (Å²) in [6.45, 7) is 2.97. The molecule has 0 fully saturated rings. The van der Waals surface area contributed by atoms with Crippen molar-refractivity contribution in [2.24, 2.45) is 0 Å². The van der Waals surface area contributed by atoms with Gasteiger partial charge in [0.05, 0.1) is 11.2 Å². The maximum absolute atomic E-state index is 5.90. The molecule has 4 rings (SSSR count). The van der Waals surface area contributed by atoms with Gasteiger partial charge in [0.1, 0.15) is 5.52 Å². The van der Waals surface area contributed by atoms with Crippen molar-refractivity contribution in [1.29, 1.82) is 0 Å². The molecule has 0 radical (unpaired) electrons. The van der Waals surface area contributed by atoms with Crippen molar-refractivity contribution >= 4 is 16.9 Å². The van der Waals surface area contributed by atoms with E-state index in [9.17, 15) is 0 Å². The average Bonchev–Trinajstić information content (AvgIpc) is 3.23. The first-order valence-corrected chi connectivity index (χ1v) is 8.28. The summed E-state index contributed by atoms with van der Waals surface area (Å²) < 4.78 is 6.89. The van der Waals surface area contributed by atoms with Gasteiger partial charge in [0.2, 0.25) is 0 Å². The number of imidazole rings is 1. The number of aryl methyl sites for hydroxylation is 1. The smallest absolute Gasteiger partial charge is 0.199 e. The fourth-order valence-corrected chi connectivity index (χ4v) is 2.93. The lowest BCUT2D eigenvalue weighted by Crippen LogP contribution is -2.02. The largest absolute Gasteiger partial charge is 0.379 e. The molecular formula is C18H18N6O. The topological polar surface area (TPSA) is 95.7 Å². The van der Waals surface area contributed by atoms with Crippen LogP contribution >= 0.6 is 0 Å². The number of hydrogen-bond acceptors (Lipinski definition) is 6. The highest BCUT2D eigenvalue weighted by molar-refractivity contribution is 5.92. The molecule has 0 spiro atoms. The molecule has 126 valence electrons. The van der Waals surface area contributed by atoms with Gasteiger partial charge in [0.15, 0.2) is 17.3 Å². The van der Waals surface area contributed by atoms with Gasteiger partial charge in [0, 0.05) is 18.3 Å². The first-order chi connectivity index (χ1) is 12.3. The molecule has 7 heteroatoms. The molecule has 0 bridgehead atoms. The molecule has 3 heterocycles. The van der Waals surface area contributed by atoms with Crippen molar-refractivity contribution in [3.8, 4) is 22.8 Å². The first kappa shape index (κ1) is 15.3. The summed E-state index contributed by atoms with van der Waals surface area (Å²) in [5.74, 6) is 0.898. The number of hydrogen-bond donors (Lipinski definition) is 1. The number of nitrogen functional groups attached to an aromatic ring is 1. The number of aromatic nitrogens is 5. The van der Waals surface area contributed by atoms with Crippen LogP contribution in [0.15, 0.2) is 47.2 Å². The lowest BCUT2D eigenvalue weighted by atomic mass is 10.1. The molecule has 3 aromatic heterocycles. The van der Waals surface area contributed by atoms with Crippen LogP contribution in [-0.2, 0) is 6.54 Å². The molecule has 0 aliphatic carbocycles. The predicted octanol–water partition coefficient (Wildman–Crippen LogP) is 3.53. The number of nitrogens with two attached hydrogens (primary N) is 1. The predicted molar refractivity (Wildman–Crippen MR) is 95.6 cm³/mol. The highest BCUT2D eigenvalue weighted by Crippen LogP contribution is 2.31. The molecular weight excluding hydrogens is 316 g/mol. The van der Waals surface area contributed by atoms with E-state index >= 15 is 0 Å². The number of unbranched alkanes of at least 4 members (excludes halogenated alkanes) is 1. The molecule has 0 aliphatic rings. The summed E-state index contributed by atoms with van der Waals surface area (Å²) in [6.07, 6.45) is 3.90. The zero-order valence-electron chi connectivity index (χ0n) is 13.9. The Morgan fingerprint density at radius 3 is 2.64 bits per heavy atom. The minimum atomic E-state index is 0.238. The Morgan fingerprint density at radius 1 is 1.08 bits per heavy atom. The van der Waals surface area contributed by atoms with Crippen molar-refractivity contribution < 1.29 is 4.63 Å². The molecule has 7 nitrogen and oxygen atoms in total. The summed E-state index contributed by atoms with van der Waals surface area (Å²) in [4.78, 5) is 9.35. The number of benzene rings is 1. The second-order valence-corrected chi connectivity index (χ2v) is 5.83. The summed E-state index contributed by atoms with van der Waals surface area (Å²) in [5.41, 5.74) is 10.0. The van der Waals surface area contributed by atoms with Crippen LogP contribution in [0, 0.1) is 0 Å². The molecule has 0 saturated carbocycles. The Labute approximate surface area is 144 Å². The summed E-state index contributed by atoms with van der Waals surface area (Å²) in [7, 11) is 0. The monoisotopic (exact) mass is 334 g/mol. The third kappa shape index (κ3) is 2.63. The van der Waals surface area contributed by atoms with Crippen LogP contribution in [0.3, 0.4) is 0 Å². The first-order valence-electron chi connectivity index (χ1n) is 8.28. The van der Waals surface area contributed by atoms with E-state index in [0.29, 0.717) is 11.5 Å². The van der Waals surface area contributed by atoms with Crippen molar-refractivity contribution in [2.45, 2.75) is 26.3 Å². The van der Waals surface area contributed by atoms with Gasteiger partial charge in [-0.25, -0.2) is 9.61 Å². The van der Waals surface area contributed by atoms with E-state index in [1.807, 2.05) is 42.6 Å². The molecule has 0 unspecified atom stereocenters. The highest BCUT2D eigenvalue weighted by Gasteiger charge is 2.21. The van der Waals surface area contributed by atoms with Gasteiger partial charge < -0.3 is 10.3 Å². The number of anilines is 1. The fraction of sp³-hybridized carbons (Fsp3) is 0.222. The van der Waals surface area contributed by atoms with Gasteiger partial charge in [-0.05, 0) is 22.8 Å². The molecule has 25 heavy (non-hydrogen) atoms.